The molecule has 0 unspecified atom stereocenters. The molecule has 0 radical (unpaired) electrons. The molecule has 0 bridgehead atoms. The quantitative estimate of drug-likeness (QED) is 0.855. The number of carboxylic acid groups (broad SMARTS) is 1. The average Bonchev–Trinajstić information content (AvgIpc) is 2.78. The fourth-order valence-corrected chi connectivity index (χ4v) is 1.68. The van der Waals surface area contributed by atoms with Crippen molar-refractivity contribution >= 4 is 5.97 Å². The minimum absolute atomic E-state index is 0.147. The molecule has 1 atom stereocenters. The van der Waals surface area contributed by atoms with Crippen LogP contribution >= 0.6 is 0 Å². The highest BCUT2D eigenvalue weighted by Gasteiger charge is 2.10. The second-order valence-corrected chi connectivity index (χ2v) is 3.74. The molecule has 2 aromatic rings. The summed E-state index contributed by atoms with van der Waals surface area (Å²) >= 11 is 0. The van der Waals surface area contributed by atoms with Gasteiger partial charge < -0.3 is 9.67 Å². The number of nitrogens with zero attached hydrogens (tertiary/aromatic N) is 1. The highest BCUT2D eigenvalue weighted by atomic mass is 16.4. The van der Waals surface area contributed by atoms with Crippen molar-refractivity contribution in [2.75, 3.05) is 0 Å². The number of hydrogen-bond acceptors (Lipinski definition) is 1. The average molecular weight is 215 g/mol. The molecule has 16 heavy (non-hydrogen) atoms. The predicted octanol–water partition coefficient (Wildman–Crippen LogP) is 2.80. The van der Waals surface area contributed by atoms with Crippen molar-refractivity contribution in [1.29, 1.82) is 0 Å². The molecule has 82 valence electrons. The van der Waals surface area contributed by atoms with Crippen LogP contribution in [-0.4, -0.2) is 15.6 Å². The van der Waals surface area contributed by atoms with Crippen molar-refractivity contribution in [3.63, 3.8) is 0 Å². The maximum Gasteiger partial charge on any atom is 0.337 e. The minimum Gasteiger partial charge on any atom is -0.478 e. The van der Waals surface area contributed by atoms with E-state index in [-0.39, 0.29) is 6.04 Å². The van der Waals surface area contributed by atoms with Crippen LogP contribution < -0.4 is 0 Å². The summed E-state index contributed by atoms with van der Waals surface area (Å²) < 4.78 is 1.90. The molecule has 0 saturated heterocycles. The summed E-state index contributed by atoms with van der Waals surface area (Å²) in [5, 5.41) is 8.84. The molecule has 1 N–H and O–H groups in total. The molecular weight excluding hydrogens is 202 g/mol. The van der Waals surface area contributed by atoms with Crippen LogP contribution in [0.15, 0.2) is 48.8 Å². The van der Waals surface area contributed by atoms with E-state index >= 15 is 0 Å². The highest BCUT2D eigenvalue weighted by molar-refractivity contribution is 5.87. The van der Waals surface area contributed by atoms with E-state index < -0.39 is 5.97 Å². The summed E-state index contributed by atoms with van der Waals surface area (Å²) in [7, 11) is 0. The maximum atomic E-state index is 10.8. The smallest absolute Gasteiger partial charge is 0.337 e. The zero-order chi connectivity index (χ0) is 11.5. The second-order valence-electron chi connectivity index (χ2n) is 3.74. The molecule has 0 aliphatic carbocycles. The lowest BCUT2D eigenvalue weighted by Gasteiger charge is -2.13. The zero-order valence-corrected chi connectivity index (χ0v) is 9.00. The first-order chi connectivity index (χ1) is 7.68. The van der Waals surface area contributed by atoms with E-state index in [4.69, 9.17) is 5.11 Å². The molecule has 0 amide bonds. The van der Waals surface area contributed by atoms with Crippen LogP contribution in [-0.2, 0) is 0 Å². The van der Waals surface area contributed by atoms with E-state index in [0.29, 0.717) is 5.56 Å². The van der Waals surface area contributed by atoms with Gasteiger partial charge in [-0.2, -0.15) is 0 Å². The van der Waals surface area contributed by atoms with Gasteiger partial charge in [0, 0.05) is 12.4 Å². The standard InChI is InChI=1S/C13H13NO2/c1-10(11-5-3-2-4-6-11)14-8-7-12(9-14)13(15)16/h2-10H,1H3,(H,15,16)/t10-/m1/s1. The van der Waals surface area contributed by atoms with Crippen molar-refractivity contribution < 1.29 is 9.90 Å². The van der Waals surface area contributed by atoms with Crippen LogP contribution in [0.3, 0.4) is 0 Å². The van der Waals surface area contributed by atoms with Gasteiger partial charge in [0.25, 0.3) is 0 Å². The van der Waals surface area contributed by atoms with Crippen molar-refractivity contribution in [3.05, 3.63) is 59.9 Å². The summed E-state index contributed by atoms with van der Waals surface area (Å²) in [4.78, 5) is 10.8. The summed E-state index contributed by atoms with van der Waals surface area (Å²) in [6, 6.07) is 11.8. The molecule has 0 saturated carbocycles. The van der Waals surface area contributed by atoms with Gasteiger partial charge in [-0.15, -0.1) is 0 Å². The first kappa shape index (κ1) is 10.5. The van der Waals surface area contributed by atoms with E-state index in [0.717, 1.165) is 5.56 Å². The predicted molar refractivity (Wildman–Crippen MR) is 61.6 cm³/mol. The summed E-state index contributed by atoms with van der Waals surface area (Å²) in [6.45, 7) is 2.04. The lowest BCUT2D eigenvalue weighted by atomic mass is 10.1. The van der Waals surface area contributed by atoms with Crippen LogP contribution in [0.1, 0.15) is 28.9 Å². The first-order valence-corrected chi connectivity index (χ1v) is 5.14. The Morgan fingerprint density at radius 1 is 1.25 bits per heavy atom. The van der Waals surface area contributed by atoms with E-state index in [1.54, 1.807) is 18.5 Å². The molecule has 1 aromatic heterocycles. The largest absolute Gasteiger partial charge is 0.478 e. The molecule has 1 heterocycles. The molecule has 0 aliphatic heterocycles. The van der Waals surface area contributed by atoms with E-state index in [2.05, 4.69) is 0 Å². The number of aromatic nitrogens is 1. The Bertz CT molecular complexity index is 488. The lowest BCUT2D eigenvalue weighted by molar-refractivity contribution is 0.0697. The third-order valence-electron chi connectivity index (χ3n) is 2.69. The van der Waals surface area contributed by atoms with Crippen molar-refractivity contribution in [2.45, 2.75) is 13.0 Å². The number of carbonyl (C=O) groups is 1. The first-order valence-electron chi connectivity index (χ1n) is 5.14. The number of aromatic carboxylic acids is 1. The maximum absolute atomic E-state index is 10.8. The van der Waals surface area contributed by atoms with Gasteiger partial charge in [0.2, 0.25) is 0 Å². The minimum atomic E-state index is -0.890. The zero-order valence-electron chi connectivity index (χ0n) is 9.00. The van der Waals surface area contributed by atoms with Gasteiger partial charge in [0.15, 0.2) is 0 Å². The van der Waals surface area contributed by atoms with Crippen LogP contribution in [0.5, 0.6) is 0 Å². The van der Waals surface area contributed by atoms with Gasteiger partial charge in [-0.3, -0.25) is 0 Å². The van der Waals surface area contributed by atoms with Crippen molar-refractivity contribution in [3.8, 4) is 0 Å². The second kappa shape index (κ2) is 4.23. The van der Waals surface area contributed by atoms with Gasteiger partial charge in [-0.1, -0.05) is 30.3 Å². The van der Waals surface area contributed by atoms with Gasteiger partial charge in [0.05, 0.1) is 11.6 Å². The molecule has 1 aromatic carbocycles. The van der Waals surface area contributed by atoms with Gasteiger partial charge in [0.1, 0.15) is 0 Å². The number of benzene rings is 1. The van der Waals surface area contributed by atoms with Crippen molar-refractivity contribution in [1.82, 2.24) is 4.57 Å². The Balaban J connectivity index is 2.27. The molecule has 0 spiro atoms. The third kappa shape index (κ3) is 1.98. The topological polar surface area (TPSA) is 42.2 Å². The van der Waals surface area contributed by atoms with Gasteiger partial charge in [-0.25, -0.2) is 4.79 Å². The van der Waals surface area contributed by atoms with Gasteiger partial charge >= 0.3 is 5.97 Å². The molecular formula is C13H13NO2. The third-order valence-corrected chi connectivity index (χ3v) is 2.69. The number of hydrogen-bond donors (Lipinski definition) is 1. The number of rotatable bonds is 3. The Hall–Kier alpha value is -2.03. The van der Waals surface area contributed by atoms with Crippen LogP contribution in [0, 0.1) is 0 Å². The Labute approximate surface area is 94.0 Å². The van der Waals surface area contributed by atoms with E-state index in [1.807, 2.05) is 41.8 Å². The van der Waals surface area contributed by atoms with Gasteiger partial charge in [-0.05, 0) is 18.6 Å². The summed E-state index contributed by atoms with van der Waals surface area (Å²) in [6.07, 6.45) is 3.45. The molecule has 0 aliphatic rings. The summed E-state index contributed by atoms with van der Waals surface area (Å²) in [5.41, 5.74) is 1.48. The molecule has 2 rings (SSSR count). The Kier molecular flexibility index (Phi) is 2.77. The van der Waals surface area contributed by atoms with E-state index in [1.165, 1.54) is 0 Å². The Morgan fingerprint density at radius 2 is 1.94 bits per heavy atom. The molecule has 0 fully saturated rings. The fraction of sp³-hybridized carbons (Fsp3) is 0.154. The SMILES string of the molecule is C[C@H](c1ccccc1)n1ccc(C(=O)O)c1. The highest BCUT2D eigenvalue weighted by Crippen LogP contribution is 2.18. The van der Waals surface area contributed by atoms with Crippen LogP contribution in [0.25, 0.3) is 0 Å². The van der Waals surface area contributed by atoms with Crippen molar-refractivity contribution in [2.24, 2.45) is 0 Å². The fourth-order valence-electron chi connectivity index (χ4n) is 1.68. The molecule has 3 heteroatoms. The van der Waals surface area contributed by atoms with Crippen LogP contribution in [0.4, 0.5) is 0 Å². The Morgan fingerprint density at radius 3 is 2.50 bits per heavy atom. The summed E-state index contributed by atoms with van der Waals surface area (Å²) in [5.74, 6) is -0.890. The lowest BCUT2D eigenvalue weighted by Crippen LogP contribution is -2.04. The monoisotopic (exact) mass is 215 g/mol. The van der Waals surface area contributed by atoms with Crippen LogP contribution in [0.2, 0.25) is 0 Å². The molecule has 3 nitrogen and oxygen atoms in total. The number of carboxylic acids is 1. The van der Waals surface area contributed by atoms with E-state index in [9.17, 15) is 4.79 Å². The normalized spacial score (nSPS) is 12.3.